The molecule has 1 N–H and O–H groups in total. The highest BCUT2D eigenvalue weighted by Gasteiger charge is 2.27. The molecule has 0 radical (unpaired) electrons. The first-order chi connectivity index (χ1) is 11.4. The molecule has 3 nitrogen and oxygen atoms in total. The van der Waals surface area contributed by atoms with E-state index in [1.54, 1.807) is 24.3 Å². The van der Waals surface area contributed by atoms with Crippen molar-refractivity contribution in [1.29, 1.82) is 0 Å². The van der Waals surface area contributed by atoms with Gasteiger partial charge < -0.3 is 10.1 Å². The van der Waals surface area contributed by atoms with Gasteiger partial charge in [-0.1, -0.05) is 49.9 Å². The minimum Gasteiger partial charge on any atom is -0.367 e. The van der Waals surface area contributed by atoms with Crippen LogP contribution in [-0.2, 0) is 22.7 Å². The average Bonchev–Trinajstić information content (AvgIpc) is 3.04. The third-order valence-electron chi connectivity index (χ3n) is 4.30. The molecule has 0 spiro atoms. The molecule has 1 amide bonds. The number of ether oxygens (including phenoxy) is 1. The highest BCUT2D eigenvalue weighted by molar-refractivity contribution is 5.75. The van der Waals surface area contributed by atoms with Gasteiger partial charge in [0.25, 0.3) is 0 Å². The van der Waals surface area contributed by atoms with Gasteiger partial charge in [-0.15, -0.1) is 0 Å². The maximum atomic E-state index is 12.0. The Hall–Kier alpha value is -1.56. The largest absolute Gasteiger partial charge is 0.411 e. The molecule has 1 fully saturated rings. The summed E-state index contributed by atoms with van der Waals surface area (Å²) >= 11 is 0. The first kappa shape index (κ1) is 18.8. The van der Waals surface area contributed by atoms with E-state index in [2.05, 4.69) is 10.1 Å². The van der Waals surface area contributed by atoms with Crippen molar-refractivity contribution in [3.63, 3.8) is 0 Å². The van der Waals surface area contributed by atoms with E-state index in [1.165, 1.54) is 25.7 Å². The van der Waals surface area contributed by atoms with Crippen molar-refractivity contribution in [2.24, 2.45) is 5.92 Å². The summed E-state index contributed by atoms with van der Waals surface area (Å²) in [5.74, 6) is 0.756. The summed E-state index contributed by atoms with van der Waals surface area (Å²) in [5.41, 5.74) is 1.60. The highest BCUT2D eigenvalue weighted by atomic mass is 19.4. The molecule has 2 rings (SSSR count). The van der Waals surface area contributed by atoms with Crippen LogP contribution < -0.4 is 5.32 Å². The smallest absolute Gasteiger partial charge is 0.367 e. The minimum absolute atomic E-state index is 0.0551. The predicted octanol–water partition coefficient (Wildman–Crippen LogP) is 4.35. The summed E-state index contributed by atoms with van der Waals surface area (Å²) < 4.78 is 40.6. The van der Waals surface area contributed by atoms with Crippen molar-refractivity contribution < 1.29 is 22.7 Å². The lowest BCUT2D eigenvalue weighted by Crippen LogP contribution is -2.23. The SMILES string of the molecule is O=C(CCC1CCCC1)NCc1ccc(COCC(F)(F)F)cc1. The average molecular weight is 343 g/mol. The van der Waals surface area contributed by atoms with Crippen LogP contribution in [-0.4, -0.2) is 18.7 Å². The number of hydrogen-bond acceptors (Lipinski definition) is 2. The highest BCUT2D eigenvalue weighted by Crippen LogP contribution is 2.28. The molecule has 1 saturated carbocycles. The van der Waals surface area contributed by atoms with Crippen LogP contribution in [0.5, 0.6) is 0 Å². The van der Waals surface area contributed by atoms with Gasteiger partial charge in [-0.05, 0) is 23.5 Å². The summed E-state index contributed by atoms with van der Waals surface area (Å²) in [5, 5.41) is 2.89. The molecule has 1 aromatic carbocycles. The fourth-order valence-electron chi connectivity index (χ4n) is 2.96. The summed E-state index contributed by atoms with van der Waals surface area (Å²) in [6.07, 6.45) is 2.27. The molecule has 134 valence electrons. The number of nitrogens with one attached hydrogen (secondary N) is 1. The number of amides is 1. The Labute approximate surface area is 140 Å². The molecule has 0 unspecified atom stereocenters. The van der Waals surface area contributed by atoms with Crippen molar-refractivity contribution >= 4 is 5.91 Å². The second-order valence-electron chi connectivity index (χ2n) is 6.39. The van der Waals surface area contributed by atoms with E-state index in [0.717, 1.165) is 12.0 Å². The van der Waals surface area contributed by atoms with Crippen LogP contribution in [0.15, 0.2) is 24.3 Å². The summed E-state index contributed by atoms with van der Waals surface area (Å²) in [6.45, 7) is -0.882. The van der Waals surface area contributed by atoms with Crippen LogP contribution >= 0.6 is 0 Å². The number of halogens is 3. The quantitative estimate of drug-likeness (QED) is 0.762. The van der Waals surface area contributed by atoms with Gasteiger partial charge in [0.15, 0.2) is 0 Å². The zero-order valence-corrected chi connectivity index (χ0v) is 13.7. The number of rotatable bonds is 8. The third kappa shape index (κ3) is 7.34. The van der Waals surface area contributed by atoms with Gasteiger partial charge in [-0.3, -0.25) is 4.79 Å². The second-order valence-corrected chi connectivity index (χ2v) is 6.39. The molecule has 1 aromatic rings. The second kappa shape index (κ2) is 9.06. The fraction of sp³-hybridized carbons (Fsp3) is 0.611. The molecule has 6 heteroatoms. The van der Waals surface area contributed by atoms with Gasteiger partial charge in [0.05, 0.1) is 6.61 Å². The number of carbonyl (C=O) groups is 1. The van der Waals surface area contributed by atoms with Gasteiger partial charge >= 0.3 is 6.18 Å². The Kier molecular flexibility index (Phi) is 7.09. The molecule has 1 aliphatic carbocycles. The summed E-state index contributed by atoms with van der Waals surface area (Å²) in [4.78, 5) is 11.8. The zero-order chi connectivity index (χ0) is 17.4. The molecule has 0 bridgehead atoms. The molecule has 0 aliphatic heterocycles. The number of hydrogen-bond donors (Lipinski definition) is 1. The van der Waals surface area contributed by atoms with Crippen molar-refractivity contribution in [3.05, 3.63) is 35.4 Å². The Morgan fingerprint density at radius 2 is 1.75 bits per heavy atom. The lowest BCUT2D eigenvalue weighted by atomic mass is 10.0. The molecule has 0 saturated heterocycles. The first-order valence-corrected chi connectivity index (χ1v) is 8.41. The van der Waals surface area contributed by atoms with Crippen molar-refractivity contribution in [1.82, 2.24) is 5.32 Å². The first-order valence-electron chi connectivity index (χ1n) is 8.41. The zero-order valence-electron chi connectivity index (χ0n) is 13.7. The van der Waals surface area contributed by atoms with Crippen LogP contribution in [0.4, 0.5) is 13.2 Å². The Balaban J connectivity index is 1.64. The summed E-state index contributed by atoms with van der Waals surface area (Å²) in [7, 11) is 0. The molecule has 1 aliphatic rings. The lowest BCUT2D eigenvalue weighted by molar-refractivity contribution is -0.176. The van der Waals surface area contributed by atoms with Gasteiger partial charge in [0.1, 0.15) is 6.61 Å². The Morgan fingerprint density at radius 1 is 1.12 bits per heavy atom. The minimum atomic E-state index is -4.30. The molecule has 0 atom stereocenters. The molecule has 0 aromatic heterocycles. The van der Waals surface area contributed by atoms with Crippen LogP contribution in [0.1, 0.15) is 49.7 Å². The maximum Gasteiger partial charge on any atom is 0.411 e. The maximum absolute atomic E-state index is 12.0. The lowest BCUT2D eigenvalue weighted by Gasteiger charge is -2.10. The van der Waals surface area contributed by atoms with Crippen LogP contribution in [0.25, 0.3) is 0 Å². The molecule has 24 heavy (non-hydrogen) atoms. The molecular weight excluding hydrogens is 319 g/mol. The van der Waals surface area contributed by atoms with Gasteiger partial charge in [-0.25, -0.2) is 0 Å². The van der Waals surface area contributed by atoms with E-state index in [1.807, 2.05) is 0 Å². The molecular formula is C18H24F3NO2. The van der Waals surface area contributed by atoms with Crippen LogP contribution in [0.3, 0.4) is 0 Å². The Bertz CT molecular complexity index is 508. The van der Waals surface area contributed by atoms with E-state index in [4.69, 9.17) is 0 Å². The number of benzene rings is 1. The third-order valence-corrected chi connectivity index (χ3v) is 4.30. The summed E-state index contributed by atoms with van der Waals surface area (Å²) in [6, 6.07) is 7.03. The van der Waals surface area contributed by atoms with Crippen LogP contribution in [0, 0.1) is 5.92 Å². The van der Waals surface area contributed by atoms with Crippen molar-refractivity contribution in [2.45, 2.75) is 57.9 Å². The fourth-order valence-corrected chi connectivity index (χ4v) is 2.96. The van der Waals surface area contributed by atoms with E-state index in [-0.39, 0.29) is 12.5 Å². The van der Waals surface area contributed by atoms with E-state index >= 15 is 0 Å². The standard InChI is InChI=1S/C18H24F3NO2/c19-18(20,21)13-24-12-16-7-5-15(6-8-16)11-22-17(23)10-9-14-3-1-2-4-14/h5-8,14H,1-4,9-13H2,(H,22,23). The number of alkyl halides is 3. The molecule has 0 heterocycles. The topological polar surface area (TPSA) is 38.3 Å². The normalized spacial score (nSPS) is 15.6. The van der Waals surface area contributed by atoms with Crippen molar-refractivity contribution in [3.8, 4) is 0 Å². The predicted molar refractivity (Wildman–Crippen MR) is 85.2 cm³/mol. The Morgan fingerprint density at radius 3 is 2.38 bits per heavy atom. The van der Waals surface area contributed by atoms with E-state index in [9.17, 15) is 18.0 Å². The van der Waals surface area contributed by atoms with Crippen molar-refractivity contribution in [2.75, 3.05) is 6.61 Å². The van der Waals surface area contributed by atoms with Gasteiger partial charge in [0, 0.05) is 13.0 Å². The van der Waals surface area contributed by atoms with E-state index < -0.39 is 12.8 Å². The van der Waals surface area contributed by atoms with E-state index in [0.29, 0.717) is 24.4 Å². The van der Waals surface area contributed by atoms with Gasteiger partial charge in [0.2, 0.25) is 5.91 Å². The monoisotopic (exact) mass is 343 g/mol. The number of carbonyl (C=O) groups excluding carboxylic acids is 1. The van der Waals surface area contributed by atoms with Crippen LogP contribution in [0.2, 0.25) is 0 Å². The van der Waals surface area contributed by atoms with Gasteiger partial charge in [-0.2, -0.15) is 13.2 Å².